The molecule has 2 N–H and O–H groups in total. The maximum absolute atomic E-state index is 11.5. The van der Waals surface area contributed by atoms with E-state index in [1.165, 1.54) is 22.4 Å². The Bertz CT molecular complexity index is 772. The minimum Gasteiger partial charge on any atom is -0.361 e. The standard InChI is InChI=1S/C18H24BrN3O3/c1-14(15-7-3-4-8-16(15)19)20-10-5-2-6-12-25-13-22-11-9-17(23)21-18(22)24/h3-4,7-9,11,14,20H,2,5-6,10,12-13H2,1H3,(H,21,23,24)/t14-/m1/s1. The third-order valence-electron chi connectivity index (χ3n) is 3.91. The number of nitrogens with one attached hydrogen (secondary N) is 2. The molecule has 2 aromatic rings. The molecule has 0 fully saturated rings. The molecular weight excluding hydrogens is 386 g/mol. The van der Waals surface area contributed by atoms with E-state index in [2.05, 4.69) is 45.3 Å². The second-order valence-electron chi connectivity index (χ2n) is 5.88. The third-order valence-corrected chi connectivity index (χ3v) is 4.64. The SMILES string of the molecule is C[C@@H](NCCCCCOCn1ccc(=O)[nH]c1=O)c1ccccc1Br. The number of rotatable bonds is 10. The van der Waals surface area contributed by atoms with Gasteiger partial charge in [-0.2, -0.15) is 0 Å². The summed E-state index contributed by atoms with van der Waals surface area (Å²) < 4.78 is 7.93. The molecule has 0 aliphatic rings. The van der Waals surface area contributed by atoms with Gasteiger partial charge in [-0.1, -0.05) is 34.1 Å². The van der Waals surface area contributed by atoms with Crippen LogP contribution in [0.15, 0.2) is 50.6 Å². The van der Waals surface area contributed by atoms with Crippen LogP contribution in [-0.2, 0) is 11.5 Å². The van der Waals surface area contributed by atoms with Crippen molar-refractivity contribution in [2.45, 2.75) is 39.0 Å². The molecular formula is C18H24BrN3O3. The molecule has 0 aliphatic heterocycles. The lowest BCUT2D eigenvalue weighted by molar-refractivity contribution is 0.0707. The molecule has 136 valence electrons. The lowest BCUT2D eigenvalue weighted by atomic mass is 10.1. The van der Waals surface area contributed by atoms with Crippen molar-refractivity contribution in [3.63, 3.8) is 0 Å². The molecule has 0 radical (unpaired) electrons. The summed E-state index contributed by atoms with van der Waals surface area (Å²) in [5.74, 6) is 0. The monoisotopic (exact) mass is 409 g/mol. The van der Waals surface area contributed by atoms with Crippen molar-refractivity contribution >= 4 is 15.9 Å². The first-order valence-electron chi connectivity index (χ1n) is 8.43. The van der Waals surface area contributed by atoms with E-state index in [4.69, 9.17) is 4.74 Å². The number of hydrogen-bond acceptors (Lipinski definition) is 4. The molecule has 0 bridgehead atoms. The van der Waals surface area contributed by atoms with Crippen LogP contribution in [0.25, 0.3) is 0 Å². The average molecular weight is 410 g/mol. The number of benzene rings is 1. The van der Waals surface area contributed by atoms with Crippen molar-refractivity contribution in [3.05, 3.63) is 67.4 Å². The van der Waals surface area contributed by atoms with Gasteiger partial charge in [-0.15, -0.1) is 0 Å². The number of aromatic amines is 1. The topological polar surface area (TPSA) is 76.1 Å². The second-order valence-corrected chi connectivity index (χ2v) is 6.73. The number of unbranched alkanes of at least 4 members (excludes halogenated alkanes) is 2. The Labute approximate surface area is 155 Å². The van der Waals surface area contributed by atoms with Crippen LogP contribution in [-0.4, -0.2) is 22.7 Å². The van der Waals surface area contributed by atoms with Crippen LogP contribution in [0, 0.1) is 0 Å². The predicted octanol–water partition coefficient (Wildman–Crippen LogP) is 2.79. The Kier molecular flexibility index (Phi) is 8.11. The van der Waals surface area contributed by atoms with Crippen LogP contribution in [0.4, 0.5) is 0 Å². The van der Waals surface area contributed by atoms with Gasteiger partial charge < -0.3 is 10.1 Å². The number of halogens is 1. The van der Waals surface area contributed by atoms with Gasteiger partial charge in [-0.05, 0) is 44.4 Å². The summed E-state index contributed by atoms with van der Waals surface area (Å²) in [6.45, 7) is 3.85. The van der Waals surface area contributed by atoms with Gasteiger partial charge in [0.15, 0.2) is 0 Å². The summed E-state index contributed by atoms with van der Waals surface area (Å²) in [5.41, 5.74) is 0.417. The molecule has 6 nitrogen and oxygen atoms in total. The van der Waals surface area contributed by atoms with Crippen LogP contribution < -0.4 is 16.6 Å². The first kappa shape index (κ1) is 19.6. The van der Waals surface area contributed by atoms with Gasteiger partial charge in [0.25, 0.3) is 5.56 Å². The number of hydrogen-bond donors (Lipinski definition) is 2. The minimum atomic E-state index is -0.447. The molecule has 0 amide bonds. The molecule has 1 aromatic carbocycles. The highest BCUT2D eigenvalue weighted by Gasteiger charge is 2.07. The Balaban J connectivity index is 1.56. The number of aromatic nitrogens is 2. The molecule has 1 atom stereocenters. The van der Waals surface area contributed by atoms with E-state index in [0.717, 1.165) is 30.3 Å². The van der Waals surface area contributed by atoms with E-state index in [-0.39, 0.29) is 6.73 Å². The Hall–Kier alpha value is -1.70. The fourth-order valence-corrected chi connectivity index (χ4v) is 3.10. The zero-order chi connectivity index (χ0) is 18.1. The van der Waals surface area contributed by atoms with E-state index < -0.39 is 11.2 Å². The Morgan fingerprint density at radius 3 is 2.76 bits per heavy atom. The largest absolute Gasteiger partial charge is 0.361 e. The van der Waals surface area contributed by atoms with Crippen LogP contribution >= 0.6 is 15.9 Å². The normalized spacial score (nSPS) is 12.2. The number of H-pyrrole nitrogens is 1. The van der Waals surface area contributed by atoms with Crippen LogP contribution in [0.3, 0.4) is 0 Å². The lowest BCUT2D eigenvalue weighted by Crippen LogP contribution is -2.29. The van der Waals surface area contributed by atoms with Crippen molar-refractivity contribution in [2.24, 2.45) is 0 Å². The molecule has 1 heterocycles. The molecule has 2 rings (SSSR count). The van der Waals surface area contributed by atoms with E-state index in [1.807, 2.05) is 12.1 Å². The van der Waals surface area contributed by atoms with Gasteiger partial charge in [0, 0.05) is 29.4 Å². The second kappa shape index (κ2) is 10.3. The third kappa shape index (κ3) is 6.61. The van der Waals surface area contributed by atoms with Crippen LogP contribution in [0.1, 0.15) is 37.8 Å². The summed E-state index contributed by atoms with van der Waals surface area (Å²) in [7, 11) is 0. The van der Waals surface area contributed by atoms with Crippen molar-refractivity contribution in [1.29, 1.82) is 0 Å². The highest BCUT2D eigenvalue weighted by molar-refractivity contribution is 9.10. The highest BCUT2D eigenvalue weighted by Crippen LogP contribution is 2.22. The molecule has 0 aliphatic carbocycles. The van der Waals surface area contributed by atoms with Gasteiger partial charge >= 0.3 is 5.69 Å². The first-order chi connectivity index (χ1) is 12.1. The molecule has 1 aromatic heterocycles. The molecule has 25 heavy (non-hydrogen) atoms. The fraction of sp³-hybridized carbons (Fsp3) is 0.444. The summed E-state index contributed by atoms with van der Waals surface area (Å²) in [5, 5.41) is 3.52. The van der Waals surface area contributed by atoms with Crippen molar-refractivity contribution in [1.82, 2.24) is 14.9 Å². The number of ether oxygens (including phenoxy) is 1. The average Bonchev–Trinajstić information content (AvgIpc) is 2.59. The summed E-state index contributed by atoms with van der Waals surface area (Å²) in [4.78, 5) is 24.6. The fourth-order valence-electron chi connectivity index (χ4n) is 2.47. The Morgan fingerprint density at radius 1 is 1.20 bits per heavy atom. The van der Waals surface area contributed by atoms with E-state index in [1.54, 1.807) is 0 Å². The van der Waals surface area contributed by atoms with Crippen molar-refractivity contribution in [2.75, 3.05) is 13.2 Å². The van der Waals surface area contributed by atoms with Gasteiger partial charge in [-0.25, -0.2) is 4.79 Å². The predicted molar refractivity (Wildman–Crippen MR) is 102 cm³/mol. The van der Waals surface area contributed by atoms with Gasteiger partial charge in [0.1, 0.15) is 6.73 Å². The summed E-state index contributed by atoms with van der Waals surface area (Å²) >= 11 is 3.58. The minimum absolute atomic E-state index is 0.160. The summed E-state index contributed by atoms with van der Waals surface area (Å²) in [6.07, 6.45) is 4.49. The molecule has 0 spiro atoms. The quantitative estimate of drug-likeness (QED) is 0.591. The van der Waals surface area contributed by atoms with E-state index in [9.17, 15) is 9.59 Å². The van der Waals surface area contributed by atoms with Crippen LogP contribution in [0.5, 0.6) is 0 Å². The molecule has 7 heteroatoms. The summed E-state index contributed by atoms with van der Waals surface area (Å²) in [6, 6.07) is 9.85. The number of nitrogens with zero attached hydrogens (tertiary/aromatic N) is 1. The molecule has 0 saturated carbocycles. The zero-order valence-electron chi connectivity index (χ0n) is 14.3. The Morgan fingerprint density at radius 2 is 2.00 bits per heavy atom. The maximum atomic E-state index is 11.5. The van der Waals surface area contributed by atoms with Crippen LogP contribution in [0.2, 0.25) is 0 Å². The smallest absolute Gasteiger partial charge is 0.330 e. The maximum Gasteiger partial charge on any atom is 0.330 e. The highest BCUT2D eigenvalue weighted by atomic mass is 79.9. The van der Waals surface area contributed by atoms with Gasteiger partial charge in [-0.3, -0.25) is 14.3 Å². The molecule has 0 saturated heterocycles. The van der Waals surface area contributed by atoms with E-state index in [0.29, 0.717) is 12.6 Å². The first-order valence-corrected chi connectivity index (χ1v) is 9.22. The van der Waals surface area contributed by atoms with E-state index >= 15 is 0 Å². The van der Waals surface area contributed by atoms with Crippen molar-refractivity contribution in [3.8, 4) is 0 Å². The van der Waals surface area contributed by atoms with Crippen molar-refractivity contribution < 1.29 is 4.74 Å². The molecule has 0 unspecified atom stereocenters. The van der Waals surface area contributed by atoms with Gasteiger partial charge in [0.2, 0.25) is 0 Å². The van der Waals surface area contributed by atoms with Gasteiger partial charge in [0.05, 0.1) is 0 Å². The lowest BCUT2D eigenvalue weighted by Gasteiger charge is -2.15. The zero-order valence-corrected chi connectivity index (χ0v) is 15.9.